The summed E-state index contributed by atoms with van der Waals surface area (Å²) >= 11 is 0. The molecule has 0 unspecified atom stereocenters. The van der Waals surface area contributed by atoms with Gasteiger partial charge in [0.1, 0.15) is 11.2 Å². The summed E-state index contributed by atoms with van der Waals surface area (Å²) in [7, 11) is 0. The van der Waals surface area contributed by atoms with E-state index in [-0.39, 0.29) is 0 Å². The molecular weight excluding hydrogens is 655 g/mol. The van der Waals surface area contributed by atoms with Gasteiger partial charge < -0.3 is 9.32 Å². The van der Waals surface area contributed by atoms with Crippen molar-refractivity contribution in [3.8, 4) is 44.5 Å². The first-order valence-corrected chi connectivity index (χ1v) is 18.4. The quantitative estimate of drug-likeness (QED) is 0.166. The first kappa shape index (κ1) is 31.6. The summed E-state index contributed by atoms with van der Waals surface area (Å²) in [5, 5.41) is 4.68. The van der Waals surface area contributed by atoms with E-state index in [0.717, 1.165) is 61.3 Å². The number of nitrogens with zero attached hydrogens (tertiary/aromatic N) is 1. The molecule has 10 rings (SSSR count). The normalized spacial score (nSPS) is 11.3. The largest absolute Gasteiger partial charge is 0.456 e. The molecule has 254 valence electrons. The van der Waals surface area contributed by atoms with Crippen molar-refractivity contribution in [2.45, 2.75) is 0 Å². The number of para-hydroxylation sites is 1. The van der Waals surface area contributed by atoms with Crippen LogP contribution in [0.3, 0.4) is 0 Å². The van der Waals surface area contributed by atoms with E-state index in [4.69, 9.17) is 4.42 Å². The highest BCUT2D eigenvalue weighted by molar-refractivity contribution is 6.08. The van der Waals surface area contributed by atoms with Gasteiger partial charge >= 0.3 is 0 Å². The highest BCUT2D eigenvalue weighted by atomic mass is 16.3. The molecule has 2 nitrogen and oxygen atoms in total. The van der Waals surface area contributed by atoms with Crippen LogP contribution in [0, 0.1) is 0 Å². The average molecular weight is 690 g/mol. The Balaban J connectivity index is 1.29. The van der Waals surface area contributed by atoms with Crippen LogP contribution in [0.25, 0.3) is 77.2 Å². The van der Waals surface area contributed by atoms with Gasteiger partial charge in [0.15, 0.2) is 0 Å². The van der Waals surface area contributed by atoms with Gasteiger partial charge in [-0.15, -0.1) is 0 Å². The SMILES string of the molecule is c1ccc(-c2ccc(N(c3ccc4c(c3)oc3ccccc34)c3c(-c4ccccc4)cc(-c4cccc5ccccc45)cc3-c3ccccc3)cc2)cc1. The van der Waals surface area contributed by atoms with Crippen LogP contribution in [0.15, 0.2) is 217 Å². The molecule has 2 heteroatoms. The van der Waals surface area contributed by atoms with E-state index < -0.39 is 0 Å². The lowest BCUT2D eigenvalue weighted by molar-refractivity contribution is 0.669. The molecule has 0 bridgehead atoms. The Morgan fingerprint density at radius 1 is 0.296 bits per heavy atom. The maximum absolute atomic E-state index is 6.51. The first-order chi connectivity index (χ1) is 26.8. The lowest BCUT2D eigenvalue weighted by Crippen LogP contribution is -2.13. The summed E-state index contributed by atoms with van der Waals surface area (Å²) in [5.74, 6) is 0. The zero-order chi connectivity index (χ0) is 35.8. The molecule has 0 saturated carbocycles. The van der Waals surface area contributed by atoms with Crippen molar-refractivity contribution in [2.75, 3.05) is 4.90 Å². The molecule has 0 atom stereocenters. The number of anilines is 3. The van der Waals surface area contributed by atoms with E-state index in [1.165, 1.54) is 33.0 Å². The minimum absolute atomic E-state index is 0.856. The van der Waals surface area contributed by atoms with E-state index in [1.807, 2.05) is 12.1 Å². The van der Waals surface area contributed by atoms with Crippen LogP contribution in [0.5, 0.6) is 0 Å². The Hall–Kier alpha value is -7.16. The lowest BCUT2D eigenvalue weighted by atomic mass is 9.88. The van der Waals surface area contributed by atoms with E-state index >= 15 is 0 Å². The highest BCUT2D eigenvalue weighted by Gasteiger charge is 2.25. The molecule has 54 heavy (non-hydrogen) atoms. The van der Waals surface area contributed by atoms with Crippen LogP contribution in [-0.2, 0) is 0 Å². The summed E-state index contributed by atoms with van der Waals surface area (Å²) in [6.07, 6.45) is 0. The molecule has 1 aromatic heterocycles. The van der Waals surface area contributed by atoms with Crippen LogP contribution < -0.4 is 4.90 Å². The van der Waals surface area contributed by atoms with Crippen molar-refractivity contribution in [2.24, 2.45) is 0 Å². The minimum Gasteiger partial charge on any atom is -0.456 e. The Labute approximate surface area is 314 Å². The van der Waals surface area contributed by atoms with Gasteiger partial charge in [-0.3, -0.25) is 0 Å². The molecule has 0 saturated heterocycles. The van der Waals surface area contributed by atoms with Gasteiger partial charge in [-0.25, -0.2) is 0 Å². The average Bonchev–Trinajstić information content (AvgIpc) is 3.63. The maximum Gasteiger partial charge on any atom is 0.137 e. The first-order valence-electron chi connectivity index (χ1n) is 18.4. The molecule has 0 fully saturated rings. The van der Waals surface area contributed by atoms with Crippen LogP contribution >= 0.6 is 0 Å². The predicted molar refractivity (Wildman–Crippen MR) is 228 cm³/mol. The summed E-state index contributed by atoms with van der Waals surface area (Å²) in [6, 6.07) is 76.0. The van der Waals surface area contributed by atoms with Crippen molar-refractivity contribution in [1.82, 2.24) is 0 Å². The van der Waals surface area contributed by atoms with Crippen LogP contribution in [0.1, 0.15) is 0 Å². The van der Waals surface area contributed by atoms with Gasteiger partial charge in [0, 0.05) is 39.3 Å². The van der Waals surface area contributed by atoms with E-state index in [9.17, 15) is 0 Å². The van der Waals surface area contributed by atoms with Crippen LogP contribution in [-0.4, -0.2) is 0 Å². The van der Waals surface area contributed by atoms with Gasteiger partial charge in [-0.2, -0.15) is 0 Å². The molecule has 0 amide bonds. The monoisotopic (exact) mass is 689 g/mol. The third-order valence-corrected chi connectivity index (χ3v) is 10.5. The predicted octanol–water partition coefficient (Wildman–Crippen LogP) is 14.9. The number of hydrogen-bond acceptors (Lipinski definition) is 2. The summed E-state index contributed by atoms with van der Waals surface area (Å²) in [5.41, 5.74) is 14.2. The molecule has 0 aliphatic heterocycles. The van der Waals surface area contributed by atoms with Crippen molar-refractivity contribution >= 4 is 49.8 Å². The fraction of sp³-hybridized carbons (Fsp3) is 0. The second kappa shape index (κ2) is 13.4. The second-order valence-corrected chi connectivity index (χ2v) is 13.7. The molecule has 9 aromatic carbocycles. The molecule has 0 N–H and O–H groups in total. The molecule has 0 aliphatic carbocycles. The molecular formula is C52H35NO. The zero-order valence-corrected chi connectivity index (χ0v) is 29.6. The van der Waals surface area contributed by atoms with Crippen molar-refractivity contribution in [3.05, 3.63) is 212 Å². The van der Waals surface area contributed by atoms with E-state index in [0.29, 0.717) is 0 Å². The molecule has 0 spiro atoms. The van der Waals surface area contributed by atoms with Gasteiger partial charge in [-0.05, 0) is 86.6 Å². The molecule has 0 radical (unpaired) electrons. The van der Waals surface area contributed by atoms with Crippen molar-refractivity contribution in [3.63, 3.8) is 0 Å². The Morgan fingerprint density at radius 2 is 0.815 bits per heavy atom. The summed E-state index contributed by atoms with van der Waals surface area (Å²) in [4.78, 5) is 2.42. The Morgan fingerprint density at radius 3 is 1.50 bits per heavy atom. The topological polar surface area (TPSA) is 16.4 Å². The Kier molecular flexibility index (Phi) is 7.85. The lowest BCUT2D eigenvalue weighted by Gasteiger charge is -2.31. The van der Waals surface area contributed by atoms with Gasteiger partial charge in [-0.1, -0.05) is 164 Å². The highest BCUT2D eigenvalue weighted by Crippen LogP contribution is 2.50. The number of fused-ring (bicyclic) bond motifs is 4. The summed E-state index contributed by atoms with van der Waals surface area (Å²) in [6.45, 7) is 0. The van der Waals surface area contributed by atoms with Crippen molar-refractivity contribution < 1.29 is 4.42 Å². The van der Waals surface area contributed by atoms with Gasteiger partial charge in [0.05, 0.1) is 5.69 Å². The number of benzene rings is 9. The molecule has 0 aliphatic rings. The maximum atomic E-state index is 6.51. The standard InChI is InChI=1S/C52H35NO/c1-4-15-36(16-5-1)37-27-29-42(30-28-37)53(43-31-32-47-46-24-12-13-26-50(46)54-51(47)35-43)52-48(39-17-6-2-7-18-39)33-41(34-49(52)40-19-8-3-9-20-40)45-25-14-22-38-21-10-11-23-44(38)45/h1-35H. The smallest absolute Gasteiger partial charge is 0.137 e. The van der Waals surface area contributed by atoms with Gasteiger partial charge in [0.25, 0.3) is 0 Å². The second-order valence-electron chi connectivity index (χ2n) is 13.7. The number of rotatable bonds is 7. The molecule has 1 heterocycles. The van der Waals surface area contributed by atoms with Crippen molar-refractivity contribution in [1.29, 1.82) is 0 Å². The Bertz CT molecular complexity index is 2840. The fourth-order valence-corrected chi connectivity index (χ4v) is 7.88. The van der Waals surface area contributed by atoms with Crippen LogP contribution in [0.2, 0.25) is 0 Å². The third-order valence-electron chi connectivity index (χ3n) is 10.5. The van der Waals surface area contributed by atoms with E-state index in [2.05, 4.69) is 205 Å². The number of furan rings is 1. The number of hydrogen-bond donors (Lipinski definition) is 0. The minimum atomic E-state index is 0.856. The van der Waals surface area contributed by atoms with E-state index in [1.54, 1.807) is 0 Å². The molecule has 10 aromatic rings. The fourth-order valence-electron chi connectivity index (χ4n) is 7.88. The summed E-state index contributed by atoms with van der Waals surface area (Å²) < 4.78 is 6.51. The zero-order valence-electron chi connectivity index (χ0n) is 29.6. The third kappa shape index (κ3) is 5.62. The van der Waals surface area contributed by atoms with Crippen LogP contribution in [0.4, 0.5) is 17.1 Å². The van der Waals surface area contributed by atoms with Gasteiger partial charge in [0.2, 0.25) is 0 Å².